The molecule has 2 heterocycles. The van der Waals surface area contributed by atoms with Crippen LogP contribution in [0.25, 0.3) is 10.2 Å². The summed E-state index contributed by atoms with van der Waals surface area (Å²) < 4.78 is 1.60. The number of carbonyl (C=O) groups excluding carboxylic acids is 1. The standard InChI is InChI=1S/C22H25N3O2S2/c1-5-13-25-21(27)18-14(2)15(3)28-20(18)24-22(25)29-16(4)19(26)23-12-11-17-9-7-6-8-10-17/h5-10,16H,1,11-13H2,2-4H3,(H,23,26). The molecule has 0 aliphatic heterocycles. The Balaban J connectivity index is 1.75. The molecule has 0 aliphatic carbocycles. The summed E-state index contributed by atoms with van der Waals surface area (Å²) in [5.41, 5.74) is 2.09. The predicted molar refractivity (Wildman–Crippen MR) is 122 cm³/mol. The van der Waals surface area contributed by atoms with Crippen LogP contribution in [-0.2, 0) is 17.8 Å². The Labute approximate surface area is 178 Å². The molecule has 152 valence electrons. The molecule has 0 aliphatic rings. The third-order valence-electron chi connectivity index (χ3n) is 4.77. The molecule has 3 rings (SSSR count). The fraction of sp³-hybridized carbons (Fsp3) is 0.318. The molecule has 3 aromatic rings. The Morgan fingerprint density at radius 2 is 2.07 bits per heavy atom. The van der Waals surface area contributed by atoms with E-state index in [1.165, 1.54) is 28.7 Å². The van der Waals surface area contributed by atoms with E-state index in [9.17, 15) is 9.59 Å². The maximum Gasteiger partial charge on any atom is 0.263 e. The number of nitrogens with one attached hydrogen (secondary N) is 1. The van der Waals surface area contributed by atoms with Crippen LogP contribution in [0.15, 0.2) is 52.9 Å². The fourth-order valence-electron chi connectivity index (χ4n) is 3.02. The topological polar surface area (TPSA) is 64.0 Å². The first kappa shape index (κ1) is 21.3. The average Bonchev–Trinajstić information content (AvgIpc) is 2.99. The summed E-state index contributed by atoms with van der Waals surface area (Å²) in [6, 6.07) is 10.0. The molecule has 0 saturated carbocycles. The van der Waals surface area contributed by atoms with E-state index >= 15 is 0 Å². The minimum atomic E-state index is -0.367. The molecule has 1 unspecified atom stereocenters. The van der Waals surface area contributed by atoms with Crippen molar-refractivity contribution in [2.45, 2.75) is 44.1 Å². The first-order chi connectivity index (χ1) is 13.9. The van der Waals surface area contributed by atoms with Crippen LogP contribution in [0.2, 0.25) is 0 Å². The molecule has 1 atom stereocenters. The van der Waals surface area contributed by atoms with E-state index in [0.717, 1.165) is 21.7 Å². The second-order valence-electron chi connectivity index (χ2n) is 6.85. The van der Waals surface area contributed by atoms with Crippen LogP contribution < -0.4 is 10.9 Å². The summed E-state index contributed by atoms with van der Waals surface area (Å²) in [7, 11) is 0. The van der Waals surface area contributed by atoms with Crippen molar-refractivity contribution in [3.8, 4) is 0 Å². The van der Waals surface area contributed by atoms with Crippen molar-refractivity contribution < 1.29 is 4.79 Å². The third kappa shape index (κ3) is 4.79. The highest BCUT2D eigenvalue weighted by Gasteiger charge is 2.21. The molecule has 29 heavy (non-hydrogen) atoms. The van der Waals surface area contributed by atoms with E-state index in [1.807, 2.05) is 51.1 Å². The Bertz CT molecular complexity index is 1090. The molecule has 1 amide bonds. The van der Waals surface area contributed by atoms with Crippen LogP contribution >= 0.6 is 23.1 Å². The van der Waals surface area contributed by atoms with Gasteiger partial charge in [0.2, 0.25) is 5.91 Å². The predicted octanol–water partition coefficient (Wildman–Crippen LogP) is 4.10. The fourth-order valence-corrected chi connectivity index (χ4v) is 5.03. The van der Waals surface area contributed by atoms with Crippen molar-refractivity contribution in [1.82, 2.24) is 14.9 Å². The van der Waals surface area contributed by atoms with Gasteiger partial charge in [-0.1, -0.05) is 48.2 Å². The van der Waals surface area contributed by atoms with E-state index in [1.54, 1.807) is 10.6 Å². The number of aryl methyl sites for hydroxylation is 2. The van der Waals surface area contributed by atoms with Gasteiger partial charge in [0, 0.05) is 18.0 Å². The molecule has 0 radical (unpaired) electrons. The molecule has 0 saturated heterocycles. The van der Waals surface area contributed by atoms with Gasteiger partial charge in [0.1, 0.15) is 4.83 Å². The number of hydrogen-bond acceptors (Lipinski definition) is 5. The zero-order valence-corrected chi connectivity index (χ0v) is 18.5. The van der Waals surface area contributed by atoms with E-state index in [0.29, 0.717) is 23.6 Å². The number of nitrogens with zero attached hydrogens (tertiary/aromatic N) is 2. The van der Waals surface area contributed by atoms with Crippen molar-refractivity contribution in [3.63, 3.8) is 0 Å². The number of aromatic nitrogens is 2. The minimum absolute atomic E-state index is 0.0658. The molecule has 0 fully saturated rings. The van der Waals surface area contributed by atoms with Crippen LogP contribution in [0.5, 0.6) is 0 Å². The smallest absolute Gasteiger partial charge is 0.263 e. The molecule has 1 aromatic carbocycles. The number of rotatable bonds is 8. The summed E-state index contributed by atoms with van der Waals surface area (Å²) >= 11 is 2.82. The van der Waals surface area contributed by atoms with Gasteiger partial charge in [0.05, 0.1) is 10.6 Å². The van der Waals surface area contributed by atoms with Gasteiger partial charge in [-0.25, -0.2) is 4.98 Å². The Hall–Kier alpha value is -2.38. The van der Waals surface area contributed by atoms with Gasteiger partial charge in [-0.15, -0.1) is 17.9 Å². The maximum atomic E-state index is 13.0. The molecule has 2 aromatic heterocycles. The largest absolute Gasteiger partial charge is 0.355 e. The number of carbonyl (C=O) groups is 1. The van der Waals surface area contributed by atoms with E-state index in [-0.39, 0.29) is 16.7 Å². The summed E-state index contributed by atoms with van der Waals surface area (Å²) in [6.07, 6.45) is 2.46. The molecule has 5 nitrogen and oxygen atoms in total. The Kier molecular flexibility index (Phi) is 6.92. The average molecular weight is 428 g/mol. The van der Waals surface area contributed by atoms with Crippen LogP contribution in [0.1, 0.15) is 22.9 Å². The van der Waals surface area contributed by atoms with Gasteiger partial charge in [0.15, 0.2) is 5.16 Å². The summed E-state index contributed by atoms with van der Waals surface area (Å²) in [6.45, 7) is 10.5. The lowest BCUT2D eigenvalue weighted by Gasteiger charge is -2.15. The number of hydrogen-bond donors (Lipinski definition) is 1. The summed E-state index contributed by atoms with van der Waals surface area (Å²) in [5, 5.41) is 3.82. The third-order valence-corrected chi connectivity index (χ3v) is 6.96. The van der Waals surface area contributed by atoms with Crippen LogP contribution in [-0.4, -0.2) is 27.3 Å². The molecular formula is C22H25N3O2S2. The number of benzene rings is 1. The van der Waals surface area contributed by atoms with Gasteiger partial charge < -0.3 is 5.32 Å². The SMILES string of the molecule is C=CCn1c(SC(C)C(=O)NCCc2ccccc2)nc2sc(C)c(C)c2c1=O. The zero-order valence-electron chi connectivity index (χ0n) is 16.9. The Morgan fingerprint density at radius 1 is 1.34 bits per heavy atom. The highest BCUT2D eigenvalue weighted by molar-refractivity contribution is 8.00. The zero-order chi connectivity index (χ0) is 21.0. The quantitative estimate of drug-likeness (QED) is 0.334. The summed E-state index contributed by atoms with van der Waals surface area (Å²) in [5.74, 6) is -0.0658. The number of thioether (sulfide) groups is 1. The lowest BCUT2D eigenvalue weighted by atomic mass is 10.1. The normalized spacial score (nSPS) is 12.1. The molecule has 0 bridgehead atoms. The van der Waals surface area contributed by atoms with Crippen LogP contribution in [0.3, 0.4) is 0 Å². The van der Waals surface area contributed by atoms with Crippen molar-refractivity contribution >= 4 is 39.2 Å². The van der Waals surface area contributed by atoms with Gasteiger partial charge in [-0.3, -0.25) is 14.2 Å². The maximum absolute atomic E-state index is 13.0. The van der Waals surface area contributed by atoms with Crippen molar-refractivity contribution in [3.05, 3.63) is 69.3 Å². The second-order valence-corrected chi connectivity index (χ2v) is 9.36. The highest BCUT2D eigenvalue weighted by Crippen LogP contribution is 2.29. The van der Waals surface area contributed by atoms with Gasteiger partial charge >= 0.3 is 0 Å². The monoisotopic (exact) mass is 427 g/mol. The van der Waals surface area contributed by atoms with Crippen molar-refractivity contribution in [2.24, 2.45) is 0 Å². The van der Waals surface area contributed by atoms with Crippen LogP contribution in [0, 0.1) is 13.8 Å². The molecule has 1 N–H and O–H groups in total. The number of amides is 1. The molecule has 0 spiro atoms. The first-order valence-electron chi connectivity index (χ1n) is 9.52. The summed E-state index contributed by atoms with van der Waals surface area (Å²) in [4.78, 5) is 32.1. The van der Waals surface area contributed by atoms with E-state index < -0.39 is 0 Å². The number of thiophene rings is 1. The second kappa shape index (κ2) is 9.41. The lowest BCUT2D eigenvalue weighted by molar-refractivity contribution is -0.120. The Morgan fingerprint density at radius 3 is 2.76 bits per heavy atom. The van der Waals surface area contributed by atoms with Gasteiger partial charge in [-0.2, -0.15) is 0 Å². The lowest BCUT2D eigenvalue weighted by Crippen LogP contribution is -2.33. The van der Waals surface area contributed by atoms with Crippen molar-refractivity contribution in [2.75, 3.05) is 6.54 Å². The highest BCUT2D eigenvalue weighted by atomic mass is 32.2. The van der Waals surface area contributed by atoms with E-state index in [4.69, 9.17) is 4.98 Å². The number of allylic oxidation sites excluding steroid dienone is 1. The number of fused-ring (bicyclic) bond motifs is 1. The van der Waals surface area contributed by atoms with E-state index in [2.05, 4.69) is 11.9 Å². The van der Waals surface area contributed by atoms with Gasteiger partial charge in [0.25, 0.3) is 5.56 Å². The minimum Gasteiger partial charge on any atom is -0.355 e. The first-order valence-corrected chi connectivity index (χ1v) is 11.2. The van der Waals surface area contributed by atoms with Crippen LogP contribution in [0.4, 0.5) is 0 Å². The molecule has 7 heteroatoms. The van der Waals surface area contributed by atoms with Crippen molar-refractivity contribution in [1.29, 1.82) is 0 Å². The van der Waals surface area contributed by atoms with Gasteiger partial charge in [-0.05, 0) is 38.3 Å². The molecular weight excluding hydrogens is 402 g/mol.